The summed E-state index contributed by atoms with van der Waals surface area (Å²) in [5.41, 5.74) is 2.50. The van der Waals surface area contributed by atoms with Crippen molar-refractivity contribution in [2.24, 2.45) is 0 Å². The summed E-state index contributed by atoms with van der Waals surface area (Å²) in [6, 6.07) is 17.0. The van der Waals surface area contributed by atoms with Gasteiger partial charge < -0.3 is 14.4 Å². The number of carbonyl (C=O) groups excluding carboxylic acids is 1. The van der Waals surface area contributed by atoms with E-state index in [9.17, 15) is 9.90 Å². The maximum absolute atomic E-state index is 12.0. The molecule has 1 N–H and O–H groups in total. The lowest BCUT2D eigenvalue weighted by molar-refractivity contribution is -0.145. The number of benzene rings is 2. The topological polar surface area (TPSA) is 64.4 Å². The van der Waals surface area contributed by atoms with Crippen molar-refractivity contribution in [2.75, 3.05) is 0 Å². The normalized spacial score (nSPS) is 10.8. The maximum atomic E-state index is 12.0. The van der Waals surface area contributed by atoms with E-state index in [4.69, 9.17) is 4.74 Å². The number of imidazole rings is 1. The molecule has 3 aromatic rings. The van der Waals surface area contributed by atoms with Crippen LogP contribution in [-0.2, 0) is 29.3 Å². The Morgan fingerprint density at radius 3 is 2.59 bits per heavy atom. The zero-order valence-corrected chi connectivity index (χ0v) is 12.0. The van der Waals surface area contributed by atoms with Crippen LogP contribution in [0.4, 0.5) is 0 Å². The summed E-state index contributed by atoms with van der Waals surface area (Å²) in [7, 11) is 0. The molecular formula is C17H16N2O3. The molecule has 1 heterocycles. The van der Waals surface area contributed by atoms with Gasteiger partial charge in [0.2, 0.25) is 0 Å². The quantitative estimate of drug-likeness (QED) is 0.734. The third-order valence-electron chi connectivity index (χ3n) is 3.40. The molecule has 0 fully saturated rings. The van der Waals surface area contributed by atoms with Crippen LogP contribution in [0.5, 0.6) is 0 Å². The van der Waals surface area contributed by atoms with Crippen molar-refractivity contribution in [1.82, 2.24) is 9.55 Å². The first-order chi connectivity index (χ1) is 10.8. The van der Waals surface area contributed by atoms with Crippen LogP contribution in [0.2, 0.25) is 0 Å². The van der Waals surface area contributed by atoms with Crippen LogP contribution in [0.3, 0.4) is 0 Å². The molecule has 0 amide bonds. The molecule has 1 aromatic heterocycles. The highest BCUT2D eigenvalue weighted by atomic mass is 16.5. The SMILES string of the molecule is O=C(Cn1c(CO)nc2ccccc21)OCc1ccccc1. The van der Waals surface area contributed by atoms with E-state index in [1.54, 1.807) is 4.57 Å². The first kappa shape index (κ1) is 14.3. The summed E-state index contributed by atoms with van der Waals surface area (Å²) in [6.07, 6.45) is 0. The average Bonchev–Trinajstić information content (AvgIpc) is 2.92. The minimum atomic E-state index is -0.360. The molecule has 0 aliphatic rings. The van der Waals surface area contributed by atoms with Crippen molar-refractivity contribution in [3.05, 3.63) is 66.0 Å². The van der Waals surface area contributed by atoms with Gasteiger partial charge in [-0.15, -0.1) is 0 Å². The fourth-order valence-electron chi connectivity index (χ4n) is 2.34. The molecular weight excluding hydrogens is 280 g/mol. The molecule has 0 aliphatic carbocycles. The smallest absolute Gasteiger partial charge is 0.326 e. The molecule has 3 rings (SSSR count). The van der Waals surface area contributed by atoms with Crippen molar-refractivity contribution in [2.45, 2.75) is 19.8 Å². The number of aliphatic hydroxyl groups is 1. The summed E-state index contributed by atoms with van der Waals surface area (Å²) in [5, 5.41) is 9.40. The van der Waals surface area contributed by atoms with Crippen LogP contribution in [-0.4, -0.2) is 20.6 Å². The fraction of sp³-hybridized carbons (Fsp3) is 0.176. The molecule has 0 aliphatic heterocycles. The number of carbonyl (C=O) groups is 1. The van der Waals surface area contributed by atoms with Crippen molar-refractivity contribution in [1.29, 1.82) is 0 Å². The Bertz CT molecular complexity index is 781. The van der Waals surface area contributed by atoms with Crippen LogP contribution in [0, 0.1) is 0 Å². The average molecular weight is 296 g/mol. The summed E-state index contributed by atoms with van der Waals surface area (Å²) in [4.78, 5) is 16.4. The first-order valence-electron chi connectivity index (χ1n) is 7.02. The molecule has 5 heteroatoms. The summed E-state index contributed by atoms with van der Waals surface area (Å²) >= 11 is 0. The molecule has 0 bridgehead atoms. The number of ether oxygens (including phenoxy) is 1. The number of aliphatic hydroxyl groups excluding tert-OH is 1. The molecule has 0 unspecified atom stereocenters. The van der Waals surface area contributed by atoms with Crippen LogP contribution < -0.4 is 0 Å². The zero-order chi connectivity index (χ0) is 15.4. The lowest BCUT2D eigenvalue weighted by Crippen LogP contribution is -2.15. The van der Waals surface area contributed by atoms with E-state index < -0.39 is 0 Å². The Kier molecular flexibility index (Phi) is 4.16. The van der Waals surface area contributed by atoms with Gasteiger partial charge in [0, 0.05) is 0 Å². The number of fused-ring (bicyclic) bond motifs is 1. The number of aromatic nitrogens is 2. The van der Waals surface area contributed by atoms with E-state index in [0.29, 0.717) is 5.82 Å². The Balaban J connectivity index is 1.73. The van der Waals surface area contributed by atoms with Crippen LogP contribution >= 0.6 is 0 Å². The van der Waals surface area contributed by atoms with Crippen LogP contribution in [0.1, 0.15) is 11.4 Å². The van der Waals surface area contributed by atoms with Gasteiger partial charge in [-0.2, -0.15) is 0 Å². The monoisotopic (exact) mass is 296 g/mol. The molecule has 5 nitrogen and oxygen atoms in total. The summed E-state index contributed by atoms with van der Waals surface area (Å²) < 4.78 is 6.96. The first-order valence-corrected chi connectivity index (χ1v) is 7.02. The van der Waals surface area contributed by atoms with E-state index >= 15 is 0 Å². The van der Waals surface area contributed by atoms with E-state index in [2.05, 4.69) is 4.98 Å². The highest BCUT2D eigenvalue weighted by Gasteiger charge is 2.13. The lowest BCUT2D eigenvalue weighted by atomic mass is 10.2. The third-order valence-corrected chi connectivity index (χ3v) is 3.40. The second kappa shape index (κ2) is 6.41. The zero-order valence-electron chi connectivity index (χ0n) is 12.0. The summed E-state index contributed by atoms with van der Waals surface area (Å²) in [6.45, 7) is 0.0463. The van der Waals surface area contributed by atoms with Crippen LogP contribution in [0.25, 0.3) is 11.0 Å². The Morgan fingerprint density at radius 1 is 1.09 bits per heavy atom. The predicted octanol–water partition coefficient (Wildman–Crippen LogP) is 2.27. The van der Waals surface area contributed by atoms with Gasteiger partial charge >= 0.3 is 5.97 Å². The minimum absolute atomic E-state index is 0.0310. The van der Waals surface area contributed by atoms with E-state index in [1.165, 1.54) is 0 Å². The second-order valence-corrected chi connectivity index (χ2v) is 4.91. The minimum Gasteiger partial charge on any atom is -0.459 e. The van der Waals surface area contributed by atoms with Gasteiger partial charge in [0.25, 0.3) is 0 Å². The predicted molar refractivity (Wildman–Crippen MR) is 81.9 cm³/mol. The van der Waals surface area contributed by atoms with Gasteiger partial charge in [-0.3, -0.25) is 4.79 Å². The molecule has 112 valence electrons. The van der Waals surface area contributed by atoms with Crippen molar-refractivity contribution in [3.63, 3.8) is 0 Å². The third kappa shape index (κ3) is 2.99. The molecule has 0 saturated carbocycles. The van der Waals surface area contributed by atoms with Gasteiger partial charge in [0.15, 0.2) is 0 Å². The molecule has 0 spiro atoms. The highest BCUT2D eigenvalue weighted by molar-refractivity contribution is 5.78. The largest absolute Gasteiger partial charge is 0.459 e. The van der Waals surface area contributed by atoms with Crippen molar-refractivity contribution >= 4 is 17.0 Å². The molecule has 0 atom stereocenters. The molecule has 0 saturated heterocycles. The number of para-hydroxylation sites is 2. The molecule has 22 heavy (non-hydrogen) atoms. The fourth-order valence-corrected chi connectivity index (χ4v) is 2.34. The number of esters is 1. The standard InChI is InChI=1S/C17H16N2O3/c20-11-16-18-14-8-4-5-9-15(14)19(16)10-17(21)22-12-13-6-2-1-3-7-13/h1-9,20H,10-12H2. The summed E-state index contributed by atoms with van der Waals surface area (Å²) in [5.74, 6) is 0.0968. The van der Waals surface area contributed by atoms with Crippen molar-refractivity contribution in [3.8, 4) is 0 Å². The number of nitrogens with zero attached hydrogens (tertiary/aromatic N) is 2. The van der Waals surface area contributed by atoms with E-state index in [1.807, 2.05) is 54.6 Å². The highest BCUT2D eigenvalue weighted by Crippen LogP contribution is 2.16. The van der Waals surface area contributed by atoms with Gasteiger partial charge in [-0.05, 0) is 17.7 Å². The van der Waals surface area contributed by atoms with Gasteiger partial charge in [0.05, 0.1) is 11.0 Å². The lowest BCUT2D eigenvalue weighted by Gasteiger charge is -2.08. The van der Waals surface area contributed by atoms with Gasteiger partial charge in [0.1, 0.15) is 25.6 Å². The maximum Gasteiger partial charge on any atom is 0.326 e. The Hall–Kier alpha value is -2.66. The second-order valence-electron chi connectivity index (χ2n) is 4.91. The van der Waals surface area contributed by atoms with Crippen LogP contribution in [0.15, 0.2) is 54.6 Å². The van der Waals surface area contributed by atoms with Gasteiger partial charge in [-0.25, -0.2) is 4.98 Å². The van der Waals surface area contributed by atoms with E-state index in [0.717, 1.165) is 16.6 Å². The number of rotatable bonds is 5. The molecule has 0 radical (unpaired) electrons. The Morgan fingerprint density at radius 2 is 1.82 bits per heavy atom. The number of hydrogen-bond donors (Lipinski definition) is 1. The van der Waals surface area contributed by atoms with E-state index in [-0.39, 0.29) is 25.7 Å². The number of hydrogen-bond acceptors (Lipinski definition) is 4. The Labute approximate surface area is 127 Å². The van der Waals surface area contributed by atoms with Gasteiger partial charge in [-0.1, -0.05) is 42.5 Å². The molecule has 2 aromatic carbocycles. The van der Waals surface area contributed by atoms with Crippen molar-refractivity contribution < 1.29 is 14.6 Å².